The van der Waals surface area contributed by atoms with Gasteiger partial charge in [-0.1, -0.05) is 43.3 Å². The van der Waals surface area contributed by atoms with E-state index in [4.69, 9.17) is 0 Å². The van der Waals surface area contributed by atoms with Crippen LogP contribution in [0.1, 0.15) is 45.2 Å². The van der Waals surface area contributed by atoms with Crippen molar-refractivity contribution in [2.75, 3.05) is 32.0 Å². The highest BCUT2D eigenvalue weighted by Gasteiger charge is 2.31. The van der Waals surface area contributed by atoms with E-state index in [0.29, 0.717) is 28.3 Å². The van der Waals surface area contributed by atoms with E-state index in [1.165, 1.54) is 0 Å². The summed E-state index contributed by atoms with van der Waals surface area (Å²) >= 11 is 0. The summed E-state index contributed by atoms with van der Waals surface area (Å²) in [6, 6.07) is 11.5. The molecule has 2 aromatic carbocycles. The zero-order chi connectivity index (χ0) is 21.0. The largest absolute Gasteiger partial charge is 0.351 e. The first-order valence-electron chi connectivity index (χ1n) is 9.61. The average molecular weight is 394 g/mol. The SMILES string of the molecule is CCCNC(=O)C[NH+](C)CC(=O)Nc1cccc2c1C(=O)c1ccccc1C2=O. The molecule has 0 bridgehead atoms. The maximum absolute atomic E-state index is 13.0. The lowest BCUT2D eigenvalue weighted by molar-refractivity contribution is -0.862. The van der Waals surface area contributed by atoms with Crippen LogP contribution in [0.3, 0.4) is 0 Å². The Morgan fingerprint density at radius 3 is 2.17 bits per heavy atom. The highest BCUT2D eigenvalue weighted by atomic mass is 16.2. The predicted molar refractivity (Wildman–Crippen MR) is 108 cm³/mol. The fourth-order valence-electron chi connectivity index (χ4n) is 3.38. The minimum absolute atomic E-state index is 0.0575. The second-order valence-corrected chi connectivity index (χ2v) is 7.14. The van der Waals surface area contributed by atoms with Crippen LogP contribution in [-0.4, -0.2) is 50.1 Å². The summed E-state index contributed by atoms with van der Waals surface area (Å²) in [6.45, 7) is 2.80. The third-order valence-electron chi connectivity index (χ3n) is 4.72. The van der Waals surface area contributed by atoms with E-state index in [0.717, 1.165) is 6.42 Å². The summed E-state index contributed by atoms with van der Waals surface area (Å²) in [5, 5.41) is 5.51. The van der Waals surface area contributed by atoms with E-state index in [1.54, 1.807) is 49.5 Å². The Morgan fingerprint density at radius 2 is 1.48 bits per heavy atom. The molecule has 0 aromatic heterocycles. The van der Waals surface area contributed by atoms with Gasteiger partial charge >= 0.3 is 0 Å². The maximum atomic E-state index is 13.0. The Bertz CT molecular complexity index is 984. The predicted octanol–water partition coefficient (Wildman–Crippen LogP) is 0.441. The van der Waals surface area contributed by atoms with Crippen LogP contribution in [0, 0.1) is 0 Å². The van der Waals surface area contributed by atoms with Crippen molar-refractivity contribution in [1.82, 2.24) is 5.32 Å². The summed E-state index contributed by atoms with van der Waals surface area (Å²) in [5.41, 5.74) is 1.51. The molecule has 1 unspecified atom stereocenters. The van der Waals surface area contributed by atoms with Gasteiger partial charge in [0, 0.05) is 23.2 Å². The lowest BCUT2D eigenvalue weighted by Gasteiger charge is -2.20. The van der Waals surface area contributed by atoms with Crippen LogP contribution in [0.2, 0.25) is 0 Å². The Kier molecular flexibility index (Phi) is 6.19. The molecule has 1 aliphatic rings. The van der Waals surface area contributed by atoms with Gasteiger partial charge in [-0.05, 0) is 12.5 Å². The molecule has 0 aliphatic heterocycles. The van der Waals surface area contributed by atoms with Crippen LogP contribution in [0.5, 0.6) is 0 Å². The molecule has 0 saturated heterocycles. The molecule has 150 valence electrons. The minimum Gasteiger partial charge on any atom is -0.351 e. The number of anilines is 1. The molecule has 1 aliphatic carbocycles. The molecule has 0 spiro atoms. The van der Waals surface area contributed by atoms with Crippen LogP contribution in [-0.2, 0) is 9.59 Å². The molecule has 3 rings (SSSR count). The number of quaternary nitrogens is 1. The highest BCUT2D eigenvalue weighted by Crippen LogP contribution is 2.31. The molecule has 1 atom stereocenters. The molecule has 2 amide bonds. The summed E-state index contributed by atoms with van der Waals surface area (Å²) in [6.07, 6.45) is 0.847. The smallest absolute Gasteiger partial charge is 0.279 e. The Balaban J connectivity index is 1.75. The summed E-state index contributed by atoms with van der Waals surface area (Å²) in [4.78, 5) is 50.7. The van der Waals surface area contributed by atoms with E-state index < -0.39 is 0 Å². The summed E-state index contributed by atoms with van der Waals surface area (Å²) in [5.74, 6) is -0.975. The first-order valence-corrected chi connectivity index (χ1v) is 9.61. The minimum atomic E-state index is -0.335. The van der Waals surface area contributed by atoms with Gasteiger partial charge in [0.1, 0.15) is 0 Å². The summed E-state index contributed by atoms with van der Waals surface area (Å²) in [7, 11) is 1.75. The van der Waals surface area contributed by atoms with Gasteiger partial charge in [0.2, 0.25) is 0 Å². The first-order chi connectivity index (χ1) is 13.9. The zero-order valence-corrected chi connectivity index (χ0v) is 16.5. The normalized spacial score (nSPS) is 13.3. The number of carbonyl (C=O) groups excluding carboxylic acids is 4. The van der Waals surface area contributed by atoms with Gasteiger partial charge in [-0.2, -0.15) is 0 Å². The monoisotopic (exact) mass is 394 g/mol. The number of rotatable bonds is 7. The number of nitrogens with one attached hydrogen (secondary N) is 3. The van der Waals surface area contributed by atoms with Crippen molar-refractivity contribution in [2.24, 2.45) is 0 Å². The molecule has 0 fully saturated rings. The molecule has 0 radical (unpaired) electrons. The van der Waals surface area contributed by atoms with Crippen molar-refractivity contribution in [3.8, 4) is 0 Å². The Hall–Kier alpha value is -3.32. The number of benzene rings is 2. The number of amides is 2. The second-order valence-electron chi connectivity index (χ2n) is 7.14. The van der Waals surface area contributed by atoms with Gasteiger partial charge in [-0.15, -0.1) is 0 Å². The van der Waals surface area contributed by atoms with Crippen molar-refractivity contribution in [2.45, 2.75) is 13.3 Å². The lowest BCUT2D eigenvalue weighted by Crippen LogP contribution is -3.11. The first kappa shape index (κ1) is 20.4. The highest BCUT2D eigenvalue weighted by molar-refractivity contribution is 6.30. The van der Waals surface area contributed by atoms with Crippen LogP contribution < -0.4 is 15.5 Å². The molecule has 7 nitrogen and oxygen atoms in total. The van der Waals surface area contributed by atoms with Gasteiger partial charge in [-0.25, -0.2) is 0 Å². The van der Waals surface area contributed by atoms with Crippen LogP contribution in [0.15, 0.2) is 42.5 Å². The molecule has 2 aromatic rings. The average Bonchev–Trinajstić information content (AvgIpc) is 2.70. The zero-order valence-electron chi connectivity index (χ0n) is 16.5. The molecule has 7 heteroatoms. The van der Waals surface area contributed by atoms with Crippen LogP contribution in [0.25, 0.3) is 0 Å². The van der Waals surface area contributed by atoms with E-state index in [9.17, 15) is 19.2 Å². The van der Waals surface area contributed by atoms with Gasteiger partial charge < -0.3 is 15.5 Å². The number of carbonyl (C=O) groups is 4. The number of hydrogen-bond donors (Lipinski definition) is 3. The third kappa shape index (κ3) is 4.41. The maximum Gasteiger partial charge on any atom is 0.279 e. The van der Waals surface area contributed by atoms with E-state index in [1.807, 2.05) is 6.92 Å². The van der Waals surface area contributed by atoms with Gasteiger partial charge in [0.05, 0.1) is 18.3 Å². The fourth-order valence-corrected chi connectivity index (χ4v) is 3.38. The number of likely N-dealkylation sites (N-methyl/N-ethyl adjacent to an activating group) is 1. The molecule has 0 heterocycles. The van der Waals surface area contributed by atoms with Crippen molar-refractivity contribution >= 4 is 29.1 Å². The molecule has 0 saturated carbocycles. The van der Waals surface area contributed by atoms with Crippen LogP contribution in [0.4, 0.5) is 5.69 Å². The van der Waals surface area contributed by atoms with Crippen molar-refractivity contribution in [3.05, 3.63) is 64.7 Å². The van der Waals surface area contributed by atoms with Crippen molar-refractivity contribution in [1.29, 1.82) is 0 Å². The number of ketones is 2. The second kappa shape index (κ2) is 8.79. The Morgan fingerprint density at radius 1 is 0.862 bits per heavy atom. The van der Waals surface area contributed by atoms with E-state index in [-0.39, 0.29) is 47.6 Å². The van der Waals surface area contributed by atoms with E-state index >= 15 is 0 Å². The number of hydrogen-bond acceptors (Lipinski definition) is 4. The van der Waals surface area contributed by atoms with E-state index in [2.05, 4.69) is 10.6 Å². The topological polar surface area (TPSA) is 96.8 Å². The summed E-state index contributed by atoms with van der Waals surface area (Å²) < 4.78 is 0. The van der Waals surface area contributed by atoms with Crippen molar-refractivity contribution < 1.29 is 24.1 Å². The Labute approximate surface area is 169 Å². The third-order valence-corrected chi connectivity index (χ3v) is 4.72. The standard InChI is InChI=1S/C22H23N3O4/c1-3-11-23-18(26)12-25(2)13-19(27)24-17-10-6-9-16-20(17)22(29)15-8-5-4-7-14(15)21(16)28/h4-10H,3,11-13H2,1-2H3,(H,23,26)(H,24,27)/p+1. The molecule has 3 N–H and O–H groups in total. The van der Waals surface area contributed by atoms with Crippen LogP contribution >= 0.6 is 0 Å². The molecule has 29 heavy (non-hydrogen) atoms. The fraction of sp³-hybridized carbons (Fsp3) is 0.273. The quantitative estimate of drug-likeness (QED) is 0.542. The van der Waals surface area contributed by atoms with Crippen molar-refractivity contribution in [3.63, 3.8) is 0 Å². The molecular formula is C22H24N3O4+. The lowest BCUT2D eigenvalue weighted by atomic mass is 9.83. The number of fused-ring (bicyclic) bond motifs is 2. The van der Waals surface area contributed by atoms with Gasteiger partial charge in [0.25, 0.3) is 11.8 Å². The molecular weight excluding hydrogens is 370 g/mol. The van der Waals surface area contributed by atoms with Gasteiger partial charge in [-0.3, -0.25) is 19.2 Å². The van der Waals surface area contributed by atoms with Gasteiger partial charge in [0.15, 0.2) is 24.7 Å².